The van der Waals surface area contributed by atoms with Crippen molar-refractivity contribution in [3.05, 3.63) is 60.4 Å². The number of benzene rings is 2. The lowest BCUT2D eigenvalue weighted by molar-refractivity contribution is -0.0317. The number of hydrogen-bond acceptors (Lipinski definition) is 4. The Hall–Kier alpha value is -1.92. The summed E-state index contributed by atoms with van der Waals surface area (Å²) in [7, 11) is -3.51. The van der Waals surface area contributed by atoms with Crippen molar-refractivity contribution in [2.45, 2.75) is 35.7 Å². The third-order valence-corrected chi connectivity index (χ3v) is 5.95. The lowest BCUT2D eigenvalue weighted by Crippen LogP contribution is -2.36. The van der Waals surface area contributed by atoms with Gasteiger partial charge in [0.2, 0.25) is 9.84 Å². The number of rotatable bonds is 5. The van der Waals surface area contributed by atoms with E-state index in [1.807, 2.05) is 0 Å². The topological polar surface area (TPSA) is 52.6 Å². The van der Waals surface area contributed by atoms with Gasteiger partial charge in [0.15, 0.2) is 5.44 Å². The Bertz CT molecular complexity index is 759. The predicted molar refractivity (Wildman–Crippen MR) is 88.0 cm³/mol. The maximum atomic E-state index is 12.9. The molecular formula is C18H19FO4S. The van der Waals surface area contributed by atoms with Gasteiger partial charge < -0.3 is 9.47 Å². The van der Waals surface area contributed by atoms with Crippen molar-refractivity contribution >= 4 is 9.84 Å². The molecule has 1 saturated heterocycles. The van der Waals surface area contributed by atoms with Crippen LogP contribution in [0.3, 0.4) is 0 Å². The number of hydrogen-bond donors (Lipinski definition) is 0. The second-order valence-corrected chi connectivity index (χ2v) is 7.83. The summed E-state index contributed by atoms with van der Waals surface area (Å²) in [6, 6.07) is 14.1. The third-order valence-electron chi connectivity index (χ3n) is 3.98. The van der Waals surface area contributed by atoms with E-state index in [-0.39, 0.29) is 23.4 Å². The number of halogens is 1. The largest absolute Gasteiger partial charge is 0.491 e. The molecule has 2 unspecified atom stereocenters. The Labute approximate surface area is 141 Å². The van der Waals surface area contributed by atoms with Gasteiger partial charge in [0.05, 0.1) is 11.0 Å². The minimum Gasteiger partial charge on any atom is -0.491 e. The van der Waals surface area contributed by atoms with Crippen molar-refractivity contribution in [3.63, 3.8) is 0 Å². The quantitative estimate of drug-likeness (QED) is 0.827. The first-order valence-corrected chi connectivity index (χ1v) is 9.43. The highest BCUT2D eigenvalue weighted by atomic mass is 32.2. The lowest BCUT2D eigenvalue weighted by Gasteiger charge is -2.29. The van der Waals surface area contributed by atoms with E-state index in [4.69, 9.17) is 9.47 Å². The van der Waals surface area contributed by atoms with Gasteiger partial charge in [-0.25, -0.2) is 12.8 Å². The number of sulfone groups is 1. The second-order valence-electron chi connectivity index (χ2n) is 5.74. The van der Waals surface area contributed by atoms with Crippen molar-refractivity contribution < 1.29 is 22.3 Å². The molecule has 24 heavy (non-hydrogen) atoms. The van der Waals surface area contributed by atoms with Crippen LogP contribution in [0.2, 0.25) is 0 Å². The summed E-state index contributed by atoms with van der Waals surface area (Å²) < 4.78 is 49.5. The van der Waals surface area contributed by atoms with E-state index >= 15 is 0 Å². The van der Waals surface area contributed by atoms with Crippen LogP contribution >= 0.6 is 0 Å². The Morgan fingerprint density at radius 3 is 2.46 bits per heavy atom. The molecular weight excluding hydrogens is 331 g/mol. The Morgan fingerprint density at radius 1 is 1.04 bits per heavy atom. The van der Waals surface area contributed by atoms with E-state index in [1.165, 1.54) is 24.3 Å². The molecule has 6 heteroatoms. The molecule has 0 spiro atoms. The fourth-order valence-electron chi connectivity index (χ4n) is 2.70. The summed E-state index contributed by atoms with van der Waals surface area (Å²) in [6.07, 6.45) is 1.67. The van der Waals surface area contributed by atoms with E-state index < -0.39 is 15.3 Å². The third kappa shape index (κ3) is 3.94. The Morgan fingerprint density at radius 2 is 1.75 bits per heavy atom. The zero-order valence-corrected chi connectivity index (χ0v) is 13.9. The average Bonchev–Trinajstić information content (AvgIpc) is 2.62. The summed E-state index contributed by atoms with van der Waals surface area (Å²) >= 11 is 0. The lowest BCUT2D eigenvalue weighted by atomic mass is 10.1. The molecule has 0 aromatic heterocycles. The zero-order chi connectivity index (χ0) is 17.0. The van der Waals surface area contributed by atoms with Crippen LogP contribution in [0.15, 0.2) is 59.5 Å². The molecule has 1 fully saturated rings. The first kappa shape index (κ1) is 16.9. The predicted octanol–water partition coefficient (Wildman–Crippen LogP) is 3.57. The van der Waals surface area contributed by atoms with Gasteiger partial charge in [-0.2, -0.15) is 0 Å². The smallest absolute Gasteiger partial charge is 0.205 e. The normalized spacial score (nSPS) is 21.4. The minimum atomic E-state index is -3.51. The van der Waals surface area contributed by atoms with E-state index in [9.17, 15) is 12.8 Å². The van der Waals surface area contributed by atoms with Gasteiger partial charge >= 0.3 is 0 Å². The van der Waals surface area contributed by atoms with Crippen LogP contribution in [0.1, 0.15) is 19.3 Å². The molecule has 0 N–H and O–H groups in total. The zero-order valence-electron chi connectivity index (χ0n) is 13.1. The first-order chi connectivity index (χ1) is 11.6. The van der Waals surface area contributed by atoms with Gasteiger partial charge in [-0.1, -0.05) is 18.2 Å². The van der Waals surface area contributed by atoms with Crippen LogP contribution in [0, 0.1) is 5.82 Å². The summed E-state index contributed by atoms with van der Waals surface area (Å²) in [4.78, 5) is 0.273. The van der Waals surface area contributed by atoms with Crippen LogP contribution in [0.4, 0.5) is 4.39 Å². The van der Waals surface area contributed by atoms with E-state index in [0.717, 1.165) is 12.8 Å². The molecule has 0 saturated carbocycles. The molecule has 0 radical (unpaired) electrons. The van der Waals surface area contributed by atoms with Crippen molar-refractivity contribution in [2.24, 2.45) is 0 Å². The summed E-state index contributed by atoms with van der Waals surface area (Å²) in [5.74, 6) is 0.207. The van der Waals surface area contributed by atoms with Crippen LogP contribution in [0.5, 0.6) is 5.75 Å². The maximum absolute atomic E-state index is 12.9. The van der Waals surface area contributed by atoms with Crippen molar-refractivity contribution in [1.82, 2.24) is 0 Å². The van der Waals surface area contributed by atoms with Gasteiger partial charge in [-0.05, 0) is 55.7 Å². The SMILES string of the molecule is O=S(=O)(c1ccccc1)C1CCCC(COc2ccc(F)cc2)O1. The molecule has 2 atom stereocenters. The van der Waals surface area contributed by atoms with Gasteiger partial charge in [0.25, 0.3) is 0 Å². The van der Waals surface area contributed by atoms with Gasteiger partial charge in [-0.3, -0.25) is 0 Å². The molecule has 2 aromatic carbocycles. The molecule has 4 nitrogen and oxygen atoms in total. The summed E-state index contributed by atoms with van der Waals surface area (Å²) in [5, 5.41) is 0. The fourth-order valence-corrected chi connectivity index (χ4v) is 4.32. The summed E-state index contributed by atoms with van der Waals surface area (Å²) in [6.45, 7) is 0.243. The first-order valence-electron chi connectivity index (χ1n) is 7.88. The number of ether oxygens (including phenoxy) is 2. The fraction of sp³-hybridized carbons (Fsp3) is 0.333. The monoisotopic (exact) mass is 350 g/mol. The standard InChI is InChI=1S/C18H19FO4S/c19-14-9-11-15(12-10-14)22-13-16-5-4-8-18(23-16)24(20,21)17-6-2-1-3-7-17/h1-3,6-7,9-12,16,18H,4-5,8,13H2. The molecule has 1 heterocycles. The minimum absolute atomic E-state index is 0.243. The van der Waals surface area contributed by atoms with Gasteiger partial charge in [0, 0.05) is 0 Å². The highest BCUT2D eigenvalue weighted by Crippen LogP contribution is 2.28. The molecule has 0 aliphatic carbocycles. The van der Waals surface area contributed by atoms with Crippen LogP contribution in [0.25, 0.3) is 0 Å². The van der Waals surface area contributed by atoms with Gasteiger partial charge in [-0.15, -0.1) is 0 Å². The molecule has 1 aliphatic heterocycles. The van der Waals surface area contributed by atoms with Crippen LogP contribution in [-0.2, 0) is 14.6 Å². The average molecular weight is 350 g/mol. The van der Waals surface area contributed by atoms with Crippen LogP contribution < -0.4 is 4.74 Å². The van der Waals surface area contributed by atoms with Crippen LogP contribution in [-0.4, -0.2) is 26.6 Å². The van der Waals surface area contributed by atoms with Crippen molar-refractivity contribution in [2.75, 3.05) is 6.61 Å². The Balaban J connectivity index is 1.63. The van der Waals surface area contributed by atoms with E-state index in [1.54, 1.807) is 30.3 Å². The highest BCUT2D eigenvalue weighted by Gasteiger charge is 2.33. The van der Waals surface area contributed by atoms with Crippen molar-refractivity contribution in [3.8, 4) is 5.75 Å². The second kappa shape index (κ2) is 7.32. The molecule has 0 amide bonds. The Kier molecular flexibility index (Phi) is 5.16. The maximum Gasteiger partial charge on any atom is 0.205 e. The van der Waals surface area contributed by atoms with Gasteiger partial charge in [0.1, 0.15) is 18.2 Å². The molecule has 2 aromatic rings. The molecule has 0 bridgehead atoms. The highest BCUT2D eigenvalue weighted by molar-refractivity contribution is 7.91. The molecule has 1 aliphatic rings. The molecule has 3 rings (SSSR count). The van der Waals surface area contributed by atoms with Crippen molar-refractivity contribution in [1.29, 1.82) is 0 Å². The molecule has 128 valence electrons. The van der Waals surface area contributed by atoms with E-state index in [0.29, 0.717) is 12.2 Å². The summed E-state index contributed by atoms with van der Waals surface area (Å²) in [5.41, 5.74) is -0.851. The van der Waals surface area contributed by atoms with E-state index in [2.05, 4.69) is 0 Å².